The van der Waals surface area contributed by atoms with Crippen molar-refractivity contribution in [2.45, 2.75) is 69.2 Å². The van der Waals surface area contributed by atoms with Crippen molar-refractivity contribution in [2.24, 2.45) is 5.73 Å². The fraction of sp³-hybridized carbons (Fsp3) is 0.412. The van der Waals surface area contributed by atoms with E-state index >= 15 is 0 Å². The van der Waals surface area contributed by atoms with E-state index in [1.54, 1.807) is 48.4 Å². The third kappa shape index (κ3) is 7.81. The van der Waals surface area contributed by atoms with Gasteiger partial charge in [-0.05, 0) is 67.9 Å². The van der Waals surface area contributed by atoms with Crippen LogP contribution in [-0.2, 0) is 17.8 Å². The highest BCUT2D eigenvalue weighted by molar-refractivity contribution is 5.98. The normalized spacial score (nSPS) is 21.7. The standard InChI is InChI=1S/C34H41N5O5/c1-44-31-9-5-8-26(20-31)34(41)38-23-30(21-32(38)33(40)36-28-14-12-27(35)13-15-28)37(19-18-24-6-3-2-4-7-24)22-25-10-16-29(17-11-25)39(42)43/h2-11,16-17,20,27-28,30,32H,12-15,18-19,21-23,35H2,1H3,(H,36,40). The minimum Gasteiger partial charge on any atom is -0.497 e. The highest BCUT2D eigenvalue weighted by Crippen LogP contribution is 2.28. The number of carbonyl (C=O) groups is 2. The van der Waals surface area contributed by atoms with Crippen molar-refractivity contribution in [1.82, 2.24) is 15.1 Å². The zero-order valence-electron chi connectivity index (χ0n) is 25.1. The van der Waals surface area contributed by atoms with Crippen molar-refractivity contribution in [1.29, 1.82) is 0 Å². The summed E-state index contributed by atoms with van der Waals surface area (Å²) in [6.45, 7) is 1.61. The van der Waals surface area contributed by atoms with Gasteiger partial charge < -0.3 is 20.7 Å². The SMILES string of the molecule is COc1cccc(C(=O)N2CC(N(CCc3ccccc3)Cc3ccc([N+](=O)[O-])cc3)CC2C(=O)NC2CCC(N)CC2)c1. The molecule has 2 unspecified atom stereocenters. The van der Waals surface area contributed by atoms with Crippen LogP contribution < -0.4 is 15.8 Å². The molecule has 1 heterocycles. The molecule has 1 saturated carbocycles. The van der Waals surface area contributed by atoms with E-state index in [0.717, 1.165) is 37.7 Å². The maximum absolute atomic E-state index is 14.0. The Morgan fingerprint density at radius 1 is 1.00 bits per heavy atom. The van der Waals surface area contributed by atoms with Gasteiger partial charge in [-0.15, -0.1) is 0 Å². The first-order chi connectivity index (χ1) is 21.3. The number of nitrogens with zero attached hydrogens (tertiary/aromatic N) is 3. The summed E-state index contributed by atoms with van der Waals surface area (Å²) in [5.74, 6) is 0.229. The second kappa shape index (κ2) is 14.5. The van der Waals surface area contributed by atoms with E-state index in [9.17, 15) is 19.7 Å². The summed E-state index contributed by atoms with van der Waals surface area (Å²) in [5, 5.41) is 14.5. The molecule has 0 spiro atoms. The lowest BCUT2D eigenvalue weighted by molar-refractivity contribution is -0.384. The van der Waals surface area contributed by atoms with Crippen molar-refractivity contribution in [2.75, 3.05) is 20.2 Å². The average molecular weight is 600 g/mol. The molecule has 10 nitrogen and oxygen atoms in total. The monoisotopic (exact) mass is 599 g/mol. The number of nitro benzene ring substituents is 1. The number of amides is 2. The van der Waals surface area contributed by atoms with Crippen molar-refractivity contribution >= 4 is 17.5 Å². The van der Waals surface area contributed by atoms with E-state index in [-0.39, 0.29) is 35.6 Å². The molecule has 10 heteroatoms. The Hall–Kier alpha value is -4.28. The number of nitro groups is 1. The predicted octanol–water partition coefficient (Wildman–Crippen LogP) is 4.32. The highest BCUT2D eigenvalue weighted by Gasteiger charge is 2.42. The number of hydrogen-bond acceptors (Lipinski definition) is 7. The van der Waals surface area contributed by atoms with E-state index < -0.39 is 11.0 Å². The number of benzene rings is 3. The van der Waals surface area contributed by atoms with E-state index in [1.165, 1.54) is 17.7 Å². The van der Waals surface area contributed by atoms with Gasteiger partial charge in [0.15, 0.2) is 0 Å². The first-order valence-electron chi connectivity index (χ1n) is 15.3. The maximum atomic E-state index is 14.0. The summed E-state index contributed by atoms with van der Waals surface area (Å²) in [7, 11) is 1.56. The Balaban J connectivity index is 1.40. The Bertz CT molecular complexity index is 1430. The van der Waals surface area contributed by atoms with Crippen molar-refractivity contribution in [3.05, 3.63) is 106 Å². The molecule has 2 atom stereocenters. The second-order valence-corrected chi connectivity index (χ2v) is 11.8. The molecule has 3 N–H and O–H groups in total. The smallest absolute Gasteiger partial charge is 0.269 e. The minimum absolute atomic E-state index is 0.0425. The Morgan fingerprint density at radius 2 is 1.73 bits per heavy atom. The van der Waals surface area contributed by atoms with Crippen molar-refractivity contribution in [3.63, 3.8) is 0 Å². The fourth-order valence-electron chi connectivity index (χ4n) is 6.30. The number of hydrogen-bond donors (Lipinski definition) is 2. The van der Waals surface area contributed by atoms with Crippen LogP contribution in [0, 0.1) is 10.1 Å². The number of methoxy groups -OCH3 is 1. The zero-order chi connectivity index (χ0) is 31.1. The molecule has 1 aliphatic heterocycles. The fourth-order valence-corrected chi connectivity index (χ4v) is 6.30. The number of non-ortho nitro benzene ring substituents is 1. The van der Waals surface area contributed by atoms with Crippen LogP contribution in [0.3, 0.4) is 0 Å². The van der Waals surface area contributed by atoms with Gasteiger partial charge in [0.25, 0.3) is 11.6 Å². The Labute approximate surface area is 258 Å². The molecule has 1 saturated heterocycles. The second-order valence-electron chi connectivity index (χ2n) is 11.8. The van der Waals surface area contributed by atoms with Crippen LogP contribution in [0.25, 0.3) is 0 Å². The van der Waals surface area contributed by atoms with Gasteiger partial charge in [-0.1, -0.05) is 48.5 Å². The van der Waals surface area contributed by atoms with E-state index in [4.69, 9.17) is 10.5 Å². The third-order valence-corrected chi connectivity index (χ3v) is 8.86. The van der Waals surface area contributed by atoms with Crippen molar-refractivity contribution < 1.29 is 19.2 Å². The quantitative estimate of drug-likeness (QED) is 0.248. The minimum atomic E-state index is -0.634. The topological polar surface area (TPSA) is 131 Å². The lowest BCUT2D eigenvalue weighted by Gasteiger charge is -2.30. The molecule has 0 bridgehead atoms. The summed E-state index contributed by atoms with van der Waals surface area (Å²) in [5.41, 5.74) is 8.73. The molecular weight excluding hydrogens is 558 g/mol. The van der Waals surface area contributed by atoms with Gasteiger partial charge in [0, 0.05) is 55.5 Å². The largest absolute Gasteiger partial charge is 0.497 e. The summed E-state index contributed by atoms with van der Waals surface area (Å²) in [6.07, 6.45) is 4.66. The molecule has 232 valence electrons. The average Bonchev–Trinajstić information content (AvgIpc) is 3.50. The van der Waals surface area contributed by atoms with Crippen LogP contribution in [0.4, 0.5) is 5.69 Å². The molecule has 2 fully saturated rings. The molecule has 0 aromatic heterocycles. The molecule has 2 aliphatic rings. The number of carbonyl (C=O) groups excluding carboxylic acids is 2. The Morgan fingerprint density at radius 3 is 2.41 bits per heavy atom. The van der Waals surface area contributed by atoms with Gasteiger partial charge in [-0.3, -0.25) is 24.6 Å². The van der Waals surface area contributed by atoms with Crippen LogP contribution in [0.15, 0.2) is 78.9 Å². The van der Waals surface area contributed by atoms with Gasteiger partial charge in [0.1, 0.15) is 11.8 Å². The predicted molar refractivity (Wildman–Crippen MR) is 168 cm³/mol. The molecular formula is C34H41N5O5. The molecule has 1 aliphatic carbocycles. The van der Waals surface area contributed by atoms with Crippen LogP contribution in [0.1, 0.15) is 53.6 Å². The molecule has 3 aromatic rings. The van der Waals surface area contributed by atoms with Crippen molar-refractivity contribution in [3.8, 4) is 5.75 Å². The number of ether oxygens (including phenoxy) is 1. The van der Waals surface area contributed by atoms with E-state index in [1.807, 2.05) is 18.2 Å². The zero-order valence-corrected chi connectivity index (χ0v) is 25.1. The van der Waals surface area contributed by atoms with Gasteiger partial charge >= 0.3 is 0 Å². The van der Waals surface area contributed by atoms with Crippen LogP contribution in [0.5, 0.6) is 5.75 Å². The van der Waals surface area contributed by atoms with Crippen LogP contribution in [0.2, 0.25) is 0 Å². The molecule has 44 heavy (non-hydrogen) atoms. The summed E-state index contributed by atoms with van der Waals surface area (Å²) < 4.78 is 5.36. The van der Waals surface area contributed by atoms with E-state index in [2.05, 4.69) is 22.3 Å². The first-order valence-corrected chi connectivity index (χ1v) is 15.3. The van der Waals surface area contributed by atoms with Gasteiger partial charge in [-0.2, -0.15) is 0 Å². The van der Waals surface area contributed by atoms with Gasteiger partial charge in [-0.25, -0.2) is 0 Å². The summed E-state index contributed by atoms with van der Waals surface area (Å²) in [4.78, 5) is 42.6. The van der Waals surface area contributed by atoms with Gasteiger partial charge in [0.05, 0.1) is 12.0 Å². The van der Waals surface area contributed by atoms with Gasteiger partial charge in [0.2, 0.25) is 5.91 Å². The first kappa shape index (κ1) is 31.2. The third-order valence-electron chi connectivity index (χ3n) is 8.86. The molecule has 3 aromatic carbocycles. The summed E-state index contributed by atoms with van der Waals surface area (Å²) in [6, 6.07) is 23.3. The number of likely N-dealkylation sites (tertiary alicyclic amines) is 1. The highest BCUT2D eigenvalue weighted by atomic mass is 16.6. The van der Waals surface area contributed by atoms with Crippen LogP contribution in [-0.4, -0.2) is 70.9 Å². The lowest BCUT2D eigenvalue weighted by Crippen LogP contribution is -2.50. The molecule has 0 radical (unpaired) electrons. The summed E-state index contributed by atoms with van der Waals surface area (Å²) >= 11 is 0. The van der Waals surface area contributed by atoms with Crippen LogP contribution >= 0.6 is 0 Å². The lowest BCUT2D eigenvalue weighted by atomic mass is 9.91. The Kier molecular flexibility index (Phi) is 10.2. The maximum Gasteiger partial charge on any atom is 0.269 e. The number of nitrogens with two attached hydrogens (primary N) is 1. The molecule has 2 amide bonds. The number of rotatable bonds is 11. The van der Waals surface area contributed by atoms with E-state index in [0.29, 0.717) is 37.4 Å². The number of nitrogens with one attached hydrogen (secondary N) is 1. The molecule has 5 rings (SSSR count).